The molecule has 0 saturated carbocycles. The molecule has 0 aromatic heterocycles. The van der Waals surface area contributed by atoms with Crippen molar-refractivity contribution in [1.29, 1.82) is 0 Å². The monoisotopic (exact) mass is 248 g/mol. The Kier molecular flexibility index (Phi) is 11.6. The second kappa shape index (κ2) is 10.1. The van der Waals surface area contributed by atoms with E-state index in [9.17, 15) is 0 Å². The van der Waals surface area contributed by atoms with Gasteiger partial charge in [0.05, 0.1) is 27.7 Å². The van der Waals surface area contributed by atoms with Gasteiger partial charge in [-0.2, -0.15) is 0 Å². The zero-order chi connectivity index (χ0) is 11.7. The van der Waals surface area contributed by atoms with Crippen LogP contribution in [0.1, 0.15) is 26.2 Å². The predicted molar refractivity (Wildman–Crippen MR) is 69.1 cm³/mol. The Balaban J connectivity index is 0. The maximum absolute atomic E-state index is 3.83. The van der Waals surface area contributed by atoms with Crippen LogP contribution in [0.3, 0.4) is 0 Å². The van der Waals surface area contributed by atoms with Crippen LogP contribution in [0.4, 0.5) is 0 Å². The highest BCUT2D eigenvalue weighted by Gasteiger charge is 2.10. The summed E-state index contributed by atoms with van der Waals surface area (Å²) < 4.78 is 1.04. The second-order valence-corrected chi connectivity index (χ2v) is 5.31. The molecule has 0 aromatic carbocycles. The minimum atomic E-state index is 0. The van der Waals surface area contributed by atoms with E-state index in [0.29, 0.717) is 0 Å². The van der Waals surface area contributed by atoms with E-state index in [4.69, 9.17) is 0 Å². The smallest absolute Gasteiger partial charge is 0.0909 e. The third-order valence-electron chi connectivity index (χ3n) is 2.55. The van der Waals surface area contributed by atoms with Gasteiger partial charge < -0.3 is 16.9 Å². The third kappa shape index (κ3) is 12.0. The van der Waals surface area contributed by atoms with Crippen molar-refractivity contribution in [2.24, 2.45) is 0 Å². The molecule has 0 N–H and O–H groups in total. The molecule has 0 atom stereocenters. The number of nitrogens with zero attached hydrogens (tertiary/aromatic N) is 2. The molecule has 0 bridgehead atoms. The Bertz CT molecular complexity index is 164. The van der Waals surface area contributed by atoms with Crippen LogP contribution < -0.4 is 12.4 Å². The molecule has 0 fully saturated rings. The van der Waals surface area contributed by atoms with Crippen molar-refractivity contribution in [2.75, 3.05) is 47.3 Å². The fourth-order valence-corrected chi connectivity index (χ4v) is 1.50. The van der Waals surface area contributed by atoms with E-state index < -0.39 is 0 Å². The van der Waals surface area contributed by atoms with Crippen LogP contribution in [-0.2, 0) is 0 Å². The maximum Gasteiger partial charge on any atom is 0.0909 e. The van der Waals surface area contributed by atoms with Gasteiger partial charge >= 0.3 is 0 Å². The van der Waals surface area contributed by atoms with Gasteiger partial charge in [0.15, 0.2) is 0 Å². The minimum absolute atomic E-state index is 0. The Labute approximate surface area is 108 Å². The summed E-state index contributed by atoms with van der Waals surface area (Å²) in [5.74, 6) is 0. The lowest BCUT2D eigenvalue weighted by Gasteiger charge is -2.28. The average Bonchev–Trinajstić information content (AvgIpc) is 2.13. The molecule has 0 rings (SSSR count). The van der Waals surface area contributed by atoms with Gasteiger partial charge in [-0.1, -0.05) is 25.8 Å². The molecule has 0 unspecified atom stereocenters. The van der Waals surface area contributed by atoms with Gasteiger partial charge in [0.2, 0.25) is 0 Å². The SMILES string of the molecule is C=CCN(CCCCC)CC[N+](C)(C)C.[Cl-]. The molecule has 0 aliphatic heterocycles. The van der Waals surface area contributed by atoms with Crippen LogP contribution in [0.25, 0.3) is 0 Å². The summed E-state index contributed by atoms with van der Waals surface area (Å²) in [4.78, 5) is 2.51. The van der Waals surface area contributed by atoms with Gasteiger partial charge in [-0.05, 0) is 13.0 Å². The summed E-state index contributed by atoms with van der Waals surface area (Å²) in [6.45, 7) is 10.7. The van der Waals surface area contributed by atoms with Crippen molar-refractivity contribution in [2.45, 2.75) is 26.2 Å². The first-order valence-electron chi connectivity index (χ1n) is 6.13. The van der Waals surface area contributed by atoms with Gasteiger partial charge in [-0.15, -0.1) is 6.58 Å². The van der Waals surface area contributed by atoms with Crippen molar-refractivity contribution in [3.05, 3.63) is 12.7 Å². The highest BCUT2D eigenvalue weighted by Crippen LogP contribution is 2.00. The number of unbranched alkanes of at least 4 members (excludes halogenated alkanes) is 2. The van der Waals surface area contributed by atoms with Crippen molar-refractivity contribution in [1.82, 2.24) is 4.90 Å². The van der Waals surface area contributed by atoms with Crippen LogP contribution in [0, 0.1) is 0 Å². The van der Waals surface area contributed by atoms with Gasteiger partial charge in [-0.3, -0.25) is 4.90 Å². The number of hydrogen-bond donors (Lipinski definition) is 0. The third-order valence-corrected chi connectivity index (χ3v) is 2.55. The van der Waals surface area contributed by atoms with E-state index in [-0.39, 0.29) is 12.4 Å². The molecule has 0 heterocycles. The van der Waals surface area contributed by atoms with Gasteiger partial charge in [0.25, 0.3) is 0 Å². The number of hydrogen-bond acceptors (Lipinski definition) is 1. The summed E-state index contributed by atoms with van der Waals surface area (Å²) in [5, 5.41) is 0. The summed E-state index contributed by atoms with van der Waals surface area (Å²) in [7, 11) is 6.74. The number of rotatable bonds is 9. The summed E-state index contributed by atoms with van der Waals surface area (Å²) in [6.07, 6.45) is 5.98. The van der Waals surface area contributed by atoms with Crippen molar-refractivity contribution >= 4 is 0 Å². The molecule has 0 radical (unpaired) electrons. The van der Waals surface area contributed by atoms with E-state index in [0.717, 1.165) is 11.0 Å². The average molecular weight is 249 g/mol. The lowest BCUT2D eigenvalue weighted by atomic mass is 10.2. The summed E-state index contributed by atoms with van der Waals surface area (Å²) >= 11 is 0. The normalized spacial score (nSPS) is 11.3. The Morgan fingerprint density at radius 3 is 2.19 bits per heavy atom. The molecule has 0 saturated heterocycles. The zero-order valence-electron chi connectivity index (χ0n) is 11.5. The molecular weight excluding hydrogens is 220 g/mol. The molecule has 2 nitrogen and oxygen atoms in total. The first-order chi connectivity index (χ1) is 6.99. The molecule has 0 aliphatic carbocycles. The van der Waals surface area contributed by atoms with Crippen LogP contribution in [0.5, 0.6) is 0 Å². The van der Waals surface area contributed by atoms with Crippen LogP contribution in [0.2, 0.25) is 0 Å². The largest absolute Gasteiger partial charge is 1.00 e. The molecule has 98 valence electrons. The predicted octanol–water partition coefficient (Wildman–Crippen LogP) is -0.625. The first kappa shape index (κ1) is 18.3. The summed E-state index contributed by atoms with van der Waals surface area (Å²) in [6, 6.07) is 0. The molecule has 16 heavy (non-hydrogen) atoms. The van der Waals surface area contributed by atoms with E-state index in [1.165, 1.54) is 38.9 Å². The van der Waals surface area contributed by atoms with E-state index in [1.807, 2.05) is 6.08 Å². The first-order valence-corrected chi connectivity index (χ1v) is 6.13. The summed E-state index contributed by atoms with van der Waals surface area (Å²) in [5.41, 5.74) is 0. The van der Waals surface area contributed by atoms with Crippen LogP contribution in [-0.4, -0.2) is 56.7 Å². The Hall–Kier alpha value is -0.0500. The van der Waals surface area contributed by atoms with Crippen LogP contribution >= 0.6 is 0 Å². The van der Waals surface area contributed by atoms with Crippen molar-refractivity contribution in [3.8, 4) is 0 Å². The van der Waals surface area contributed by atoms with E-state index in [2.05, 4.69) is 39.5 Å². The number of likely N-dealkylation sites (N-methyl/N-ethyl adjacent to an activating group) is 1. The van der Waals surface area contributed by atoms with Crippen molar-refractivity contribution < 1.29 is 16.9 Å². The Morgan fingerprint density at radius 2 is 1.75 bits per heavy atom. The van der Waals surface area contributed by atoms with Gasteiger partial charge in [0.1, 0.15) is 0 Å². The second-order valence-electron chi connectivity index (χ2n) is 5.31. The lowest BCUT2D eigenvalue weighted by molar-refractivity contribution is -0.869. The topological polar surface area (TPSA) is 3.24 Å². The van der Waals surface area contributed by atoms with Gasteiger partial charge in [-0.25, -0.2) is 0 Å². The molecule has 3 heteroatoms. The molecular formula is C13H29ClN2. The van der Waals surface area contributed by atoms with E-state index in [1.54, 1.807) is 0 Å². The number of quaternary nitrogens is 1. The highest BCUT2D eigenvalue weighted by molar-refractivity contribution is 4.73. The fourth-order valence-electron chi connectivity index (χ4n) is 1.50. The maximum atomic E-state index is 3.83. The molecule has 0 aromatic rings. The molecule has 0 amide bonds. The quantitative estimate of drug-likeness (QED) is 0.299. The molecule has 0 aliphatic rings. The number of halogens is 1. The lowest BCUT2D eigenvalue weighted by Crippen LogP contribution is -3.00. The fraction of sp³-hybridized carbons (Fsp3) is 0.846. The standard InChI is InChI=1S/C13H29N2.ClH/c1-6-8-9-11-14(10-7-2)12-13-15(3,4)5;/h7H,2,6,8-13H2,1,3-5H3;1H/q+1;/p-1. The molecule has 0 spiro atoms. The minimum Gasteiger partial charge on any atom is -1.00 e. The Morgan fingerprint density at radius 1 is 1.12 bits per heavy atom. The zero-order valence-corrected chi connectivity index (χ0v) is 12.3. The van der Waals surface area contributed by atoms with Crippen LogP contribution in [0.15, 0.2) is 12.7 Å². The highest BCUT2D eigenvalue weighted by atomic mass is 35.5. The van der Waals surface area contributed by atoms with Crippen molar-refractivity contribution in [3.63, 3.8) is 0 Å². The van der Waals surface area contributed by atoms with E-state index >= 15 is 0 Å². The van der Waals surface area contributed by atoms with Gasteiger partial charge in [0, 0.05) is 13.1 Å².